The van der Waals surface area contributed by atoms with E-state index in [4.69, 9.17) is 18.0 Å². The molecule has 1 rings (SSSR count). The van der Waals surface area contributed by atoms with Gasteiger partial charge in [-0.3, -0.25) is 4.79 Å². The molecule has 1 amide bonds. The number of aryl methyl sites for hydroxylation is 2. The summed E-state index contributed by atoms with van der Waals surface area (Å²) in [5, 5.41) is 0. The Morgan fingerprint density at radius 1 is 1.32 bits per heavy atom. The molecule has 0 aliphatic carbocycles. The van der Waals surface area contributed by atoms with Crippen LogP contribution in [0.4, 0.5) is 0 Å². The third-order valence-corrected chi connectivity index (χ3v) is 3.44. The molecule has 0 fully saturated rings. The summed E-state index contributed by atoms with van der Waals surface area (Å²) in [6, 6.07) is 5.92. The highest BCUT2D eigenvalue weighted by molar-refractivity contribution is 7.80. The van der Waals surface area contributed by atoms with Crippen molar-refractivity contribution in [2.75, 3.05) is 6.54 Å². The van der Waals surface area contributed by atoms with Gasteiger partial charge >= 0.3 is 0 Å². The fourth-order valence-corrected chi connectivity index (χ4v) is 1.96. The molecule has 0 aromatic heterocycles. The molecule has 1 aromatic carbocycles. The Morgan fingerprint density at radius 2 is 1.95 bits per heavy atom. The van der Waals surface area contributed by atoms with Gasteiger partial charge in [-0.2, -0.15) is 0 Å². The molecule has 1 aromatic rings. The Hall–Kier alpha value is -1.42. The fraction of sp³-hybridized carbons (Fsp3) is 0.467. The minimum absolute atomic E-state index is 0.0364. The molecular formula is C15H22N2OS. The molecule has 2 N–H and O–H groups in total. The largest absolute Gasteiger partial charge is 0.393 e. The van der Waals surface area contributed by atoms with Crippen LogP contribution in [0.5, 0.6) is 0 Å². The fourth-order valence-electron chi connectivity index (χ4n) is 1.87. The topological polar surface area (TPSA) is 46.3 Å². The summed E-state index contributed by atoms with van der Waals surface area (Å²) in [5.41, 5.74) is 8.56. The van der Waals surface area contributed by atoms with Crippen LogP contribution in [-0.4, -0.2) is 28.4 Å². The minimum atomic E-state index is 0.0364. The van der Waals surface area contributed by atoms with Crippen molar-refractivity contribution in [2.24, 2.45) is 5.73 Å². The van der Waals surface area contributed by atoms with E-state index in [1.165, 1.54) is 5.56 Å². The molecule has 0 aliphatic rings. The highest BCUT2D eigenvalue weighted by Gasteiger charge is 2.18. The first-order valence-corrected chi connectivity index (χ1v) is 6.90. The molecule has 3 nitrogen and oxygen atoms in total. The van der Waals surface area contributed by atoms with Gasteiger partial charge in [-0.15, -0.1) is 0 Å². The molecule has 4 heteroatoms. The lowest BCUT2D eigenvalue weighted by Gasteiger charge is -2.27. The minimum Gasteiger partial charge on any atom is -0.393 e. The van der Waals surface area contributed by atoms with Gasteiger partial charge in [0.1, 0.15) is 0 Å². The van der Waals surface area contributed by atoms with Crippen molar-refractivity contribution in [3.8, 4) is 0 Å². The van der Waals surface area contributed by atoms with Crippen molar-refractivity contribution in [3.05, 3.63) is 34.9 Å². The number of carbonyl (C=O) groups excluding carboxylic acids is 1. The van der Waals surface area contributed by atoms with E-state index in [0.29, 0.717) is 18.0 Å². The second-order valence-corrected chi connectivity index (χ2v) is 5.63. The molecule has 104 valence electrons. The third-order valence-electron chi connectivity index (χ3n) is 3.24. The van der Waals surface area contributed by atoms with Crippen LogP contribution in [-0.2, 0) is 0 Å². The predicted octanol–water partition coefficient (Wildman–Crippen LogP) is 2.83. The molecule has 0 saturated carbocycles. The summed E-state index contributed by atoms with van der Waals surface area (Å²) in [4.78, 5) is 14.8. The summed E-state index contributed by atoms with van der Waals surface area (Å²) < 4.78 is 0. The first-order chi connectivity index (χ1) is 8.82. The van der Waals surface area contributed by atoms with E-state index in [2.05, 4.69) is 0 Å². The van der Waals surface area contributed by atoms with Crippen LogP contribution in [0.25, 0.3) is 0 Å². The molecule has 0 atom stereocenters. The van der Waals surface area contributed by atoms with Crippen molar-refractivity contribution in [3.63, 3.8) is 0 Å². The molecule has 0 aliphatic heterocycles. The Balaban J connectivity index is 2.92. The smallest absolute Gasteiger partial charge is 0.254 e. The van der Waals surface area contributed by atoms with Crippen LogP contribution in [0.1, 0.15) is 41.8 Å². The number of nitrogens with two attached hydrogens (primary N) is 1. The summed E-state index contributed by atoms with van der Waals surface area (Å²) in [6.45, 7) is 8.62. The summed E-state index contributed by atoms with van der Waals surface area (Å²) >= 11 is 4.88. The van der Waals surface area contributed by atoms with Crippen LogP contribution < -0.4 is 5.73 Å². The van der Waals surface area contributed by atoms with Gasteiger partial charge in [0.25, 0.3) is 5.91 Å². The van der Waals surface area contributed by atoms with Gasteiger partial charge in [-0.05, 0) is 51.0 Å². The average molecular weight is 278 g/mol. The van der Waals surface area contributed by atoms with Gasteiger partial charge in [0.15, 0.2) is 0 Å². The van der Waals surface area contributed by atoms with E-state index in [1.54, 1.807) is 0 Å². The Morgan fingerprint density at radius 3 is 2.42 bits per heavy atom. The van der Waals surface area contributed by atoms with Crippen LogP contribution in [0, 0.1) is 13.8 Å². The van der Waals surface area contributed by atoms with Crippen LogP contribution in [0.15, 0.2) is 18.2 Å². The van der Waals surface area contributed by atoms with Crippen molar-refractivity contribution < 1.29 is 4.79 Å². The lowest BCUT2D eigenvalue weighted by atomic mass is 10.0. The maximum Gasteiger partial charge on any atom is 0.254 e. The average Bonchev–Trinajstić information content (AvgIpc) is 2.31. The molecule has 0 spiro atoms. The Labute approximate surface area is 120 Å². The summed E-state index contributed by atoms with van der Waals surface area (Å²) in [7, 11) is 0. The van der Waals surface area contributed by atoms with E-state index in [-0.39, 0.29) is 11.9 Å². The highest BCUT2D eigenvalue weighted by Crippen LogP contribution is 2.14. The number of amides is 1. The molecular weight excluding hydrogens is 256 g/mol. The van der Waals surface area contributed by atoms with Gasteiger partial charge in [-0.1, -0.05) is 18.3 Å². The highest BCUT2D eigenvalue weighted by atomic mass is 32.1. The molecule has 0 saturated heterocycles. The van der Waals surface area contributed by atoms with Crippen molar-refractivity contribution in [1.29, 1.82) is 0 Å². The maximum atomic E-state index is 12.5. The van der Waals surface area contributed by atoms with E-state index in [0.717, 1.165) is 11.1 Å². The standard InChI is InChI=1S/C15H22N2OS/c1-10(2)17(8-7-14(16)19)15(18)13-6-5-11(3)12(4)9-13/h5-6,9-10H,7-8H2,1-4H3,(H2,16,19). The zero-order valence-electron chi connectivity index (χ0n) is 12.1. The van der Waals surface area contributed by atoms with Gasteiger partial charge in [0, 0.05) is 24.6 Å². The molecule has 0 unspecified atom stereocenters. The summed E-state index contributed by atoms with van der Waals surface area (Å²) in [5.74, 6) is 0.0364. The van der Waals surface area contributed by atoms with E-state index >= 15 is 0 Å². The number of nitrogens with zero attached hydrogens (tertiary/aromatic N) is 1. The van der Waals surface area contributed by atoms with Crippen LogP contribution in [0.3, 0.4) is 0 Å². The Kier molecular flexibility index (Phi) is 5.48. The summed E-state index contributed by atoms with van der Waals surface area (Å²) in [6.07, 6.45) is 0.560. The van der Waals surface area contributed by atoms with E-state index in [9.17, 15) is 4.79 Å². The number of carbonyl (C=O) groups is 1. The third kappa shape index (κ3) is 4.31. The zero-order valence-corrected chi connectivity index (χ0v) is 12.9. The second-order valence-electron chi connectivity index (χ2n) is 5.11. The van der Waals surface area contributed by atoms with Crippen LogP contribution >= 0.6 is 12.2 Å². The number of thiocarbonyl (C=S) groups is 1. The zero-order chi connectivity index (χ0) is 14.6. The van der Waals surface area contributed by atoms with Crippen molar-refractivity contribution >= 4 is 23.1 Å². The monoisotopic (exact) mass is 278 g/mol. The lowest BCUT2D eigenvalue weighted by molar-refractivity contribution is 0.0711. The van der Waals surface area contributed by atoms with E-state index < -0.39 is 0 Å². The van der Waals surface area contributed by atoms with Gasteiger partial charge < -0.3 is 10.6 Å². The second kappa shape index (κ2) is 6.66. The quantitative estimate of drug-likeness (QED) is 0.842. The molecule has 0 radical (unpaired) electrons. The first-order valence-electron chi connectivity index (χ1n) is 6.49. The van der Waals surface area contributed by atoms with Gasteiger partial charge in [0.2, 0.25) is 0 Å². The van der Waals surface area contributed by atoms with E-state index in [1.807, 2.05) is 50.8 Å². The molecule has 0 bridgehead atoms. The normalized spacial score (nSPS) is 10.6. The number of hydrogen-bond acceptors (Lipinski definition) is 2. The number of hydrogen-bond donors (Lipinski definition) is 1. The first kappa shape index (κ1) is 15.6. The van der Waals surface area contributed by atoms with Crippen molar-refractivity contribution in [1.82, 2.24) is 4.90 Å². The van der Waals surface area contributed by atoms with Crippen LogP contribution in [0.2, 0.25) is 0 Å². The number of rotatable bonds is 5. The van der Waals surface area contributed by atoms with Crippen molar-refractivity contribution in [2.45, 2.75) is 40.2 Å². The molecule has 19 heavy (non-hydrogen) atoms. The number of benzene rings is 1. The lowest BCUT2D eigenvalue weighted by Crippen LogP contribution is -2.39. The maximum absolute atomic E-state index is 12.5. The van der Waals surface area contributed by atoms with Gasteiger partial charge in [0.05, 0.1) is 4.99 Å². The van der Waals surface area contributed by atoms with Gasteiger partial charge in [-0.25, -0.2) is 0 Å². The Bertz CT molecular complexity index is 483. The SMILES string of the molecule is Cc1ccc(C(=O)N(CCC(N)=S)C(C)C)cc1C. The molecule has 0 heterocycles. The predicted molar refractivity (Wildman–Crippen MR) is 83.5 cm³/mol.